The molecule has 1 aromatic rings. The maximum absolute atomic E-state index is 11.9. The van der Waals surface area contributed by atoms with Crippen LogP contribution >= 0.6 is 0 Å². The van der Waals surface area contributed by atoms with Gasteiger partial charge in [-0.05, 0) is 36.5 Å². The summed E-state index contributed by atoms with van der Waals surface area (Å²) in [6.45, 7) is 0.805. The topological polar surface area (TPSA) is 84.6 Å². The summed E-state index contributed by atoms with van der Waals surface area (Å²) in [4.78, 5) is 11.9. The number of carbonyl (C=O) groups excluding carboxylic acids is 1. The largest absolute Gasteiger partial charge is 0.491 e. The third-order valence-electron chi connectivity index (χ3n) is 3.94. The van der Waals surface area contributed by atoms with Crippen LogP contribution in [0.2, 0.25) is 0 Å². The molecule has 5 heteroatoms. The van der Waals surface area contributed by atoms with Crippen molar-refractivity contribution in [1.82, 2.24) is 5.32 Å². The van der Waals surface area contributed by atoms with E-state index in [2.05, 4.69) is 5.32 Å². The van der Waals surface area contributed by atoms with E-state index in [4.69, 9.17) is 15.6 Å². The van der Waals surface area contributed by atoms with Gasteiger partial charge < -0.3 is 20.9 Å². The highest BCUT2D eigenvalue weighted by molar-refractivity contribution is 5.76. The number of hydrogen-bond donors (Lipinski definition) is 3. The van der Waals surface area contributed by atoms with E-state index >= 15 is 0 Å². The highest BCUT2D eigenvalue weighted by Gasteiger charge is 2.25. The molecule has 0 aliphatic heterocycles. The summed E-state index contributed by atoms with van der Waals surface area (Å²) in [7, 11) is 0. The maximum Gasteiger partial charge on any atom is 0.220 e. The van der Waals surface area contributed by atoms with Crippen LogP contribution in [0, 0.1) is 5.92 Å². The van der Waals surface area contributed by atoms with E-state index in [1.165, 1.54) is 0 Å². The number of nitrogens with one attached hydrogen (secondary N) is 1. The minimum atomic E-state index is 0.00110. The number of benzene rings is 1. The first-order valence-corrected chi connectivity index (χ1v) is 7.54. The van der Waals surface area contributed by atoms with Crippen LogP contribution in [0.1, 0.15) is 31.2 Å². The van der Waals surface area contributed by atoms with Gasteiger partial charge in [-0.15, -0.1) is 0 Å². The summed E-state index contributed by atoms with van der Waals surface area (Å²) in [5, 5.41) is 11.6. The van der Waals surface area contributed by atoms with Crippen LogP contribution in [0.15, 0.2) is 24.3 Å². The summed E-state index contributed by atoms with van der Waals surface area (Å²) in [6, 6.07) is 7.68. The number of hydrogen-bond acceptors (Lipinski definition) is 4. The van der Waals surface area contributed by atoms with Gasteiger partial charge in [0, 0.05) is 19.0 Å². The van der Waals surface area contributed by atoms with E-state index in [1.807, 2.05) is 24.3 Å². The number of aliphatic hydroxyl groups excluding tert-OH is 1. The van der Waals surface area contributed by atoms with Gasteiger partial charge in [-0.3, -0.25) is 4.79 Å². The van der Waals surface area contributed by atoms with E-state index in [9.17, 15) is 4.79 Å². The normalized spacial score (nSPS) is 21.2. The highest BCUT2D eigenvalue weighted by atomic mass is 16.5. The van der Waals surface area contributed by atoms with Gasteiger partial charge in [0.2, 0.25) is 5.91 Å². The fraction of sp³-hybridized carbons (Fsp3) is 0.562. The van der Waals surface area contributed by atoms with Crippen LogP contribution in [0.5, 0.6) is 5.75 Å². The Morgan fingerprint density at radius 3 is 2.71 bits per heavy atom. The fourth-order valence-electron chi connectivity index (χ4n) is 2.70. The Bertz CT molecular complexity index is 447. The molecule has 0 spiro atoms. The molecule has 2 atom stereocenters. The summed E-state index contributed by atoms with van der Waals surface area (Å²) in [6.07, 6.45) is 3.76. The average Bonchev–Trinajstić information content (AvgIpc) is 2.89. The molecule has 4 N–H and O–H groups in total. The average molecular weight is 292 g/mol. The van der Waals surface area contributed by atoms with E-state index in [-0.39, 0.29) is 25.2 Å². The number of rotatable bonds is 7. The van der Waals surface area contributed by atoms with Gasteiger partial charge in [-0.1, -0.05) is 18.6 Å². The molecule has 0 radical (unpaired) electrons. The molecule has 0 unspecified atom stereocenters. The molecule has 1 saturated carbocycles. The second kappa shape index (κ2) is 8.00. The number of ether oxygens (including phenoxy) is 1. The highest BCUT2D eigenvalue weighted by Crippen LogP contribution is 2.26. The van der Waals surface area contributed by atoms with Crippen LogP contribution in [0.4, 0.5) is 0 Å². The monoisotopic (exact) mass is 292 g/mol. The fourth-order valence-corrected chi connectivity index (χ4v) is 2.70. The lowest BCUT2D eigenvalue weighted by Crippen LogP contribution is -2.31. The molecule has 1 amide bonds. The van der Waals surface area contributed by atoms with Crippen molar-refractivity contribution in [1.29, 1.82) is 0 Å². The van der Waals surface area contributed by atoms with Gasteiger partial charge in [0.25, 0.3) is 0 Å². The SMILES string of the molecule is N[C@@H]1CCC[C@H]1CC(=O)NCc1ccc(OCCO)cc1. The lowest BCUT2D eigenvalue weighted by Gasteiger charge is -2.14. The number of amides is 1. The van der Waals surface area contributed by atoms with Crippen LogP contribution < -0.4 is 15.8 Å². The zero-order chi connectivity index (χ0) is 15.1. The van der Waals surface area contributed by atoms with Gasteiger partial charge in [0.1, 0.15) is 12.4 Å². The molecule has 1 aliphatic carbocycles. The zero-order valence-electron chi connectivity index (χ0n) is 12.3. The first kappa shape index (κ1) is 15.8. The Hall–Kier alpha value is -1.59. The van der Waals surface area contributed by atoms with Crippen molar-refractivity contribution in [3.63, 3.8) is 0 Å². The Labute approximate surface area is 125 Å². The molecule has 0 saturated heterocycles. The summed E-state index contributed by atoms with van der Waals surface area (Å²) in [5.74, 6) is 1.12. The molecular weight excluding hydrogens is 268 g/mol. The van der Waals surface area contributed by atoms with Gasteiger partial charge in [-0.25, -0.2) is 0 Å². The molecule has 1 fully saturated rings. The molecule has 5 nitrogen and oxygen atoms in total. The summed E-state index contributed by atoms with van der Waals surface area (Å²) < 4.78 is 5.28. The predicted molar refractivity (Wildman–Crippen MR) is 80.8 cm³/mol. The maximum atomic E-state index is 11.9. The Kier molecular flexibility index (Phi) is 6.02. The quantitative estimate of drug-likeness (QED) is 0.705. The van der Waals surface area contributed by atoms with Crippen molar-refractivity contribution in [2.75, 3.05) is 13.2 Å². The summed E-state index contributed by atoms with van der Waals surface area (Å²) in [5.41, 5.74) is 7.00. The Balaban J connectivity index is 1.73. The molecule has 1 aromatic carbocycles. The molecule has 0 aromatic heterocycles. The van der Waals surface area contributed by atoms with Crippen molar-refractivity contribution in [3.05, 3.63) is 29.8 Å². The minimum Gasteiger partial charge on any atom is -0.491 e. The first-order valence-electron chi connectivity index (χ1n) is 7.54. The Morgan fingerprint density at radius 1 is 1.33 bits per heavy atom. The molecule has 2 rings (SSSR count). The molecule has 1 aliphatic rings. The van der Waals surface area contributed by atoms with E-state index < -0.39 is 0 Å². The third kappa shape index (κ3) is 5.02. The standard InChI is InChI=1S/C16H24N2O3/c17-15-3-1-2-13(15)10-16(20)18-11-12-4-6-14(7-5-12)21-9-8-19/h4-7,13,15,19H,1-3,8-11,17H2,(H,18,20)/t13-,15+/m0/s1. The number of carbonyl (C=O) groups is 1. The van der Waals surface area contributed by atoms with E-state index in [1.54, 1.807) is 0 Å². The third-order valence-corrected chi connectivity index (χ3v) is 3.94. The van der Waals surface area contributed by atoms with Crippen molar-refractivity contribution < 1.29 is 14.6 Å². The van der Waals surface area contributed by atoms with Crippen molar-refractivity contribution in [2.24, 2.45) is 11.7 Å². The molecule has 116 valence electrons. The van der Waals surface area contributed by atoms with Crippen LogP contribution in [0.3, 0.4) is 0 Å². The van der Waals surface area contributed by atoms with Gasteiger partial charge >= 0.3 is 0 Å². The number of nitrogens with two attached hydrogens (primary N) is 1. The van der Waals surface area contributed by atoms with Gasteiger partial charge in [0.05, 0.1) is 6.61 Å². The minimum absolute atomic E-state index is 0.00110. The van der Waals surface area contributed by atoms with Gasteiger partial charge in [0.15, 0.2) is 0 Å². The number of aliphatic hydroxyl groups is 1. The first-order chi connectivity index (χ1) is 10.2. The van der Waals surface area contributed by atoms with Crippen LogP contribution in [-0.2, 0) is 11.3 Å². The lowest BCUT2D eigenvalue weighted by molar-refractivity contribution is -0.122. The Morgan fingerprint density at radius 2 is 2.10 bits per heavy atom. The molecular formula is C16H24N2O3. The lowest BCUT2D eigenvalue weighted by atomic mass is 10.00. The van der Waals surface area contributed by atoms with Crippen molar-refractivity contribution in [2.45, 2.75) is 38.3 Å². The van der Waals surface area contributed by atoms with E-state index in [0.29, 0.717) is 18.9 Å². The van der Waals surface area contributed by atoms with E-state index in [0.717, 1.165) is 30.6 Å². The molecule has 21 heavy (non-hydrogen) atoms. The van der Waals surface area contributed by atoms with Crippen molar-refractivity contribution >= 4 is 5.91 Å². The van der Waals surface area contributed by atoms with Crippen LogP contribution in [-0.4, -0.2) is 30.3 Å². The van der Waals surface area contributed by atoms with Gasteiger partial charge in [-0.2, -0.15) is 0 Å². The predicted octanol–water partition coefficient (Wildman–Crippen LogP) is 1.19. The zero-order valence-corrected chi connectivity index (χ0v) is 12.3. The van der Waals surface area contributed by atoms with Crippen molar-refractivity contribution in [3.8, 4) is 5.75 Å². The smallest absolute Gasteiger partial charge is 0.220 e. The van der Waals surface area contributed by atoms with Crippen LogP contribution in [0.25, 0.3) is 0 Å². The second-order valence-corrected chi connectivity index (χ2v) is 5.55. The summed E-state index contributed by atoms with van der Waals surface area (Å²) >= 11 is 0. The second-order valence-electron chi connectivity index (χ2n) is 5.55. The molecule has 0 heterocycles. The molecule has 0 bridgehead atoms.